The lowest BCUT2D eigenvalue weighted by atomic mass is 9.46. The van der Waals surface area contributed by atoms with Crippen LogP contribution in [0.3, 0.4) is 0 Å². The summed E-state index contributed by atoms with van der Waals surface area (Å²) in [4.78, 5) is 39.9. The molecule has 0 amide bonds. The van der Waals surface area contributed by atoms with Crippen LogP contribution in [0.2, 0.25) is 0 Å². The van der Waals surface area contributed by atoms with Crippen LogP contribution < -0.4 is 0 Å². The quantitative estimate of drug-likeness (QED) is 0.310. The summed E-state index contributed by atoms with van der Waals surface area (Å²) in [6, 6.07) is -0.692. The van der Waals surface area contributed by atoms with Crippen LogP contribution in [0.5, 0.6) is 0 Å². The van der Waals surface area contributed by atoms with Gasteiger partial charge in [-0.3, -0.25) is 14.4 Å². The third-order valence-corrected chi connectivity index (χ3v) is 8.21. The lowest BCUT2D eigenvalue weighted by Crippen LogP contribution is -2.60. The van der Waals surface area contributed by atoms with E-state index in [-0.39, 0.29) is 29.0 Å². The molecule has 1 unspecified atom stereocenters. The van der Waals surface area contributed by atoms with E-state index in [4.69, 9.17) is 4.74 Å². The van der Waals surface area contributed by atoms with E-state index >= 15 is 0 Å². The molecule has 0 aliphatic heterocycles. The van der Waals surface area contributed by atoms with Crippen molar-refractivity contribution in [1.29, 1.82) is 0 Å². The molecule has 3 fully saturated rings. The summed E-state index contributed by atoms with van der Waals surface area (Å²) in [5, 5.41) is 4.03. The molecule has 7 atom stereocenters. The SMILES string of the molecule is CC(=O)OC1[C@@H]2[C@H](CC[C@]3(C)C(=O)CC[C@@H]23)[C@@]2(C)CCC(=O)C=C2[C@@H]1N=[N+]=[N-]. The first-order valence-electron chi connectivity index (χ1n) is 10.2. The Balaban J connectivity index is 1.89. The number of hydrogen-bond acceptors (Lipinski definition) is 5. The molecule has 0 spiro atoms. The number of nitrogens with zero attached hydrogens (tertiary/aromatic N) is 3. The van der Waals surface area contributed by atoms with E-state index in [2.05, 4.69) is 23.9 Å². The van der Waals surface area contributed by atoms with Gasteiger partial charge in [-0.05, 0) is 60.1 Å². The van der Waals surface area contributed by atoms with E-state index in [1.54, 1.807) is 6.08 Å². The highest BCUT2D eigenvalue weighted by molar-refractivity contribution is 5.92. The van der Waals surface area contributed by atoms with Gasteiger partial charge < -0.3 is 4.74 Å². The molecule has 0 saturated heterocycles. The summed E-state index contributed by atoms with van der Waals surface area (Å²) in [6.45, 7) is 5.57. The fraction of sp³-hybridized carbons (Fsp3) is 0.762. The maximum atomic E-state index is 12.7. The molecular formula is C21H27N3O4. The van der Waals surface area contributed by atoms with Gasteiger partial charge in [0, 0.05) is 36.0 Å². The Kier molecular flexibility index (Phi) is 4.42. The number of ketones is 2. The standard InChI is InChI=1S/C21H27N3O4/c1-11(25)28-19-17-13-4-5-16(27)21(13,3)9-7-14(17)20(2)8-6-12(26)10-15(20)18(19)23-24-22/h10,13-14,17-19H,4-9H2,1-3H3/t13-,14-,17-,18-,19?,20+,21-/m0/s1. The average molecular weight is 385 g/mol. The Morgan fingerprint density at radius 3 is 2.57 bits per heavy atom. The summed E-state index contributed by atoms with van der Waals surface area (Å²) >= 11 is 0. The average Bonchev–Trinajstić information content (AvgIpc) is 2.94. The highest BCUT2D eigenvalue weighted by Gasteiger charge is 2.64. The molecule has 4 aliphatic carbocycles. The van der Waals surface area contributed by atoms with Crippen molar-refractivity contribution in [1.82, 2.24) is 0 Å². The Morgan fingerprint density at radius 2 is 1.89 bits per heavy atom. The number of azide groups is 1. The zero-order valence-electron chi connectivity index (χ0n) is 16.7. The van der Waals surface area contributed by atoms with Crippen molar-refractivity contribution >= 4 is 17.5 Å². The molecule has 7 nitrogen and oxygen atoms in total. The Morgan fingerprint density at radius 1 is 1.18 bits per heavy atom. The van der Waals surface area contributed by atoms with Gasteiger partial charge in [-0.1, -0.05) is 19.0 Å². The zero-order chi connectivity index (χ0) is 20.3. The third-order valence-electron chi connectivity index (χ3n) is 8.21. The maximum Gasteiger partial charge on any atom is 0.302 e. The molecule has 0 radical (unpaired) electrons. The predicted molar refractivity (Wildman–Crippen MR) is 101 cm³/mol. The van der Waals surface area contributed by atoms with Crippen molar-refractivity contribution in [3.05, 3.63) is 22.1 Å². The Bertz CT molecular complexity index is 830. The van der Waals surface area contributed by atoms with E-state index in [1.165, 1.54) is 6.92 Å². The highest BCUT2D eigenvalue weighted by Crippen LogP contribution is 2.65. The van der Waals surface area contributed by atoms with E-state index in [0.717, 1.165) is 24.8 Å². The van der Waals surface area contributed by atoms with E-state index < -0.39 is 23.5 Å². The van der Waals surface area contributed by atoms with Crippen LogP contribution in [-0.4, -0.2) is 29.7 Å². The van der Waals surface area contributed by atoms with Gasteiger partial charge in [0.15, 0.2) is 5.78 Å². The number of Topliss-reactive ketones (excluding diaryl/α,β-unsaturated/α-hetero) is 1. The lowest BCUT2D eigenvalue weighted by molar-refractivity contribution is -0.168. The zero-order valence-corrected chi connectivity index (χ0v) is 16.7. The summed E-state index contributed by atoms with van der Waals surface area (Å²) in [7, 11) is 0. The Labute approximate surface area is 164 Å². The summed E-state index contributed by atoms with van der Waals surface area (Å²) < 4.78 is 5.78. The number of esters is 1. The van der Waals surface area contributed by atoms with Gasteiger partial charge in [0.1, 0.15) is 11.9 Å². The third kappa shape index (κ3) is 2.55. The molecule has 0 heterocycles. The molecule has 7 heteroatoms. The minimum atomic E-state index is -0.692. The molecule has 4 aliphatic rings. The minimum Gasteiger partial charge on any atom is -0.461 e. The minimum absolute atomic E-state index is 0.0299. The molecule has 3 saturated carbocycles. The van der Waals surface area contributed by atoms with Gasteiger partial charge in [0.2, 0.25) is 0 Å². The second kappa shape index (κ2) is 6.45. The summed E-state index contributed by atoms with van der Waals surface area (Å²) in [5.41, 5.74) is 9.37. The molecule has 0 aromatic carbocycles. The molecule has 28 heavy (non-hydrogen) atoms. The van der Waals surface area contributed by atoms with Gasteiger partial charge in [-0.25, -0.2) is 0 Å². The Hall–Kier alpha value is -2.14. The summed E-state index contributed by atoms with van der Waals surface area (Å²) in [6.07, 6.45) is 5.21. The van der Waals surface area contributed by atoms with Gasteiger partial charge in [-0.15, -0.1) is 0 Å². The maximum absolute atomic E-state index is 12.7. The van der Waals surface area contributed by atoms with Crippen molar-refractivity contribution in [2.24, 2.45) is 33.7 Å². The van der Waals surface area contributed by atoms with Crippen LogP contribution in [0, 0.1) is 28.6 Å². The van der Waals surface area contributed by atoms with Gasteiger partial charge >= 0.3 is 5.97 Å². The summed E-state index contributed by atoms with van der Waals surface area (Å²) in [5.74, 6) is 0.163. The molecule has 0 bridgehead atoms. The smallest absolute Gasteiger partial charge is 0.302 e. The number of ether oxygens (including phenoxy) is 1. The fourth-order valence-electron chi connectivity index (χ4n) is 6.84. The van der Waals surface area contributed by atoms with E-state index in [9.17, 15) is 19.9 Å². The van der Waals surface area contributed by atoms with Crippen LogP contribution in [-0.2, 0) is 19.1 Å². The molecule has 0 aromatic rings. The number of hydrogen-bond donors (Lipinski definition) is 0. The molecule has 150 valence electrons. The van der Waals surface area contributed by atoms with Crippen molar-refractivity contribution in [3.8, 4) is 0 Å². The first-order chi connectivity index (χ1) is 13.2. The van der Waals surface area contributed by atoms with Crippen molar-refractivity contribution < 1.29 is 19.1 Å². The number of carbonyl (C=O) groups excluding carboxylic acids is 3. The molecule has 4 rings (SSSR count). The highest BCUT2D eigenvalue weighted by atomic mass is 16.5. The number of fused-ring (bicyclic) bond motifs is 5. The first-order valence-corrected chi connectivity index (χ1v) is 10.2. The predicted octanol–water partition coefficient (Wildman–Crippen LogP) is 3.92. The van der Waals surface area contributed by atoms with Crippen LogP contribution >= 0.6 is 0 Å². The van der Waals surface area contributed by atoms with Crippen LogP contribution in [0.25, 0.3) is 10.4 Å². The second-order valence-corrected chi connectivity index (χ2v) is 9.42. The topological polar surface area (TPSA) is 109 Å². The normalized spacial score (nSPS) is 44.5. The first kappa shape index (κ1) is 19.2. The molecule has 0 aromatic heterocycles. The number of rotatable bonds is 2. The van der Waals surface area contributed by atoms with Crippen LogP contribution in [0.1, 0.15) is 59.3 Å². The van der Waals surface area contributed by atoms with Crippen LogP contribution in [0.15, 0.2) is 16.8 Å². The second-order valence-electron chi connectivity index (χ2n) is 9.42. The number of carbonyl (C=O) groups is 3. The van der Waals surface area contributed by atoms with Crippen molar-refractivity contribution in [2.45, 2.75) is 71.4 Å². The molecule has 0 N–H and O–H groups in total. The van der Waals surface area contributed by atoms with Crippen molar-refractivity contribution in [2.75, 3.05) is 0 Å². The van der Waals surface area contributed by atoms with E-state index in [0.29, 0.717) is 25.0 Å². The molecular weight excluding hydrogens is 358 g/mol. The van der Waals surface area contributed by atoms with Gasteiger partial charge in [0.05, 0.1) is 6.04 Å². The van der Waals surface area contributed by atoms with Gasteiger partial charge in [-0.2, -0.15) is 0 Å². The monoisotopic (exact) mass is 385 g/mol. The fourth-order valence-corrected chi connectivity index (χ4v) is 6.84. The van der Waals surface area contributed by atoms with Crippen LogP contribution in [0.4, 0.5) is 0 Å². The largest absolute Gasteiger partial charge is 0.461 e. The lowest BCUT2D eigenvalue weighted by Gasteiger charge is -2.60. The van der Waals surface area contributed by atoms with Gasteiger partial charge in [0.25, 0.3) is 0 Å². The van der Waals surface area contributed by atoms with Crippen molar-refractivity contribution in [3.63, 3.8) is 0 Å². The van der Waals surface area contributed by atoms with E-state index in [1.807, 2.05) is 0 Å².